The Morgan fingerprint density at radius 3 is 2.55 bits per heavy atom. The molecule has 0 aliphatic carbocycles. The first-order valence-electron chi connectivity index (χ1n) is 5.20. The Hall–Kier alpha value is -2.39. The molecular weight excluding hydrogens is 286 g/mol. The van der Waals surface area contributed by atoms with E-state index in [1.54, 1.807) is 5.32 Å². The first kappa shape index (κ1) is 15.7. The van der Waals surface area contributed by atoms with E-state index in [9.17, 15) is 32.5 Å². The van der Waals surface area contributed by atoms with Crippen molar-refractivity contribution in [3.05, 3.63) is 34.1 Å². The highest BCUT2D eigenvalue weighted by molar-refractivity contribution is 5.80. The summed E-state index contributed by atoms with van der Waals surface area (Å²) < 4.78 is 48.4. The molecule has 0 aliphatic rings. The van der Waals surface area contributed by atoms with Gasteiger partial charge in [-0.3, -0.25) is 14.9 Å². The lowest BCUT2D eigenvalue weighted by Gasteiger charge is -2.09. The second-order valence-corrected chi connectivity index (χ2v) is 3.67. The molecule has 0 saturated heterocycles. The summed E-state index contributed by atoms with van der Waals surface area (Å²) in [6, 6.07) is 2.78. The summed E-state index contributed by atoms with van der Waals surface area (Å²) in [7, 11) is 0. The molecule has 2 N–H and O–H groups in total. The minimum absolute atomic E-state index is 0.0419. The van der Waals surface area contributed by atoms with Crippen LogP contribution in [0, 0.1) is 15.9 Å². The lowest BCUT2D eigenvalue weighted by molar-refractivity contribution is -0.387. The van der Waals surface area contributed by atoms with Crippen molar-refractivity contribution in [3.8, 4) is 0 Å². The van der Waals surface area contributed by atoms with E-state index >= 15 is 0 Å². The van der Waals surface area contributed by atoms with Gasteiger partial charge in [0.2, 0.25) is 11.7 Å². The third-order valence-electron chi connectivity index (χ3n) is 2.08. The molecule has 0 aromatic heterocycles. The van der Waals surface area contributed by atoms with Crippen LogP contribution in [0.25, 0.3) is 0 Å². The van der Waals surface area contributed by atoms with Gasteiger partial charge in [-0.1, -0.05) is 0 Å². The lowest BCUT2D eigenvalue weighted by Crippen LogP contribution is -2.37. The fourth-order valence-electron chi connectivity index (χ4n) is 1.21. The molecule has 0 unspecified atom stereocenters. The van der Waals surface area contributed by atoms with E-state index in [0.29, 0.717) is 0 Å². The Morgan fingerprint density at radius 1 is 1.35 bits per heavy atom. The molecule has 6 nitrogen and oxygen atoms in total. The van der Waals surface area contributed by atoms with E-state index in [-0.39, 0.29) is 5.69 Å². The number of carbonyl (C=O) groups is 1. The zero-order chi connectivity index (χ0) is 15.3. The van der Waals surface area contributed by atoms with Crippen LogP contribution >= 0.6 is 0 Å². The maximum absolute atomic E-state index is 13.0. The standard InChI is InChI=1S/C10H9F4N3O3/c11-7-2-1-6(3-8(7)17(19)20)15-4-9(18)16-5-10(12,13)14/h1-3,15H,4-5H2,(H,16,18). The summed E-state index contributed by atoms with van der Waals surface area (Å²) in [6.45, 7) is -2.00. The number of halogens is 4. The Balaban J connectivity index is 2.56. The number of benzene rings is 1. The molecule has 0 saturated carbocycles. The summed E-state index contributed by atoms with van der Waals surface area (Å²) >= 11 is 0. The van der Waals surface area contributed by atoms with Crippen LogP contribution in [0.3, 0.4) is 0 Å². The highest BCUT2D eigenvalue weighted by Crippen LogP contribution is 2.21. The molecule has 0 fully saturated rings. The third-order valence-corrected chi connectivity index (χ3v) is 2.08. The number of nitrogens with one attached hydrogen (secondary N) is 2. The molecule has 0 bridgehead atoms. The number of rotatable bonds is 5. The molecule has 0 spiro atoms. The van der Waals surface area contributed by atoms with Crippen molar-refractivity contribution in [2.75, 3.05) is 18.4 Å². The topological polar surface area (TPSA) is 84.3 Å². The summed E-state index contributed by atoms with van der Waals surface area (Å²) in [5.41, 5.74) is -0.758. The van der Waals surface area contributed by atoms with Crippen LogP contribution < -0.4 is 10.6 Å². The van der Waals surface area contributed by atoms with Crippen molar-refractivity contribution < 1.29 is 27.3 Å². The van der Waals surface area contributed by atoms with Crippen LogP contribution in [0.2, 0.25) is 0 Å². The highest BCUT2D eigenvalue weighted by Gasteiger charge is 2.27. The van der Waals surface area contributed by atoms with Crippen LogP contribution in [0.5, 0.6) is 0 Å². The van der Waals surface area contributed by atoms with Crippen molar-refractivity contribution in [1.82, 2.24) is 5.32 Å². The number of nitro groups is 1. The molecule has 1 aromatic rings. The molecule has 1 aromatic carbocycles. The number of hydrogen-bond donors (Lipinski definition) is 2. The maximum atomic E-state index is 13.0. The minimum atomic E-state index is -4.52. The minimum Gasteiger partial charge on any atom is -0.376 e. The van der Waals surface area contributed by atoms with Crippen molar-refractivity contribution in [2.24, 2.45) is 0 Å². The van der Waals surface area contributed by atoms with Crippen molar-refractivity contribution >= 4 is 17.3 Å². The number of alkyl halides is 3. The molecule has 0 atom stereocenters. The van der Waals surface area contributed by atoms with Crippen molar-refractivity contribution in [3.63, 3.8) is 0 Å². The van der Waals surface area contributed by atoms with Crippen LogP contribution in [0.15, 0.2) is 18.2 Å². The van der Waals surface area contributed by atoms with E-state index in [0.717, 1.165) is 18.2 Å². The Kier molecular flexibility index (Phi) is 4.83. The molecule has 1 amide bonds. The Bertz CT molecular complexity index is 519. The molecule has 110 valence electrons. The smallest absolute Gasteiger partial charge is 0.376 e. The van der Waals surface area contributed by atoms with Gasteiger partial charge in [0.15, 0.2) is 0 Å². The predicted octanol–water partition coefficient (Wildman–Crippen LogP) is 1.82. The zero-order valence-corrected chi connectivity index (χ0v) is 9.83. The average molecular weight is 295 g/mol. The van der Waals surface area contributed by atoms with Crippen molar-refractivity contribution in [1.29, 1.82) is 0 Å². The van der Waals surface area contributed by atoms with Gasteiger partial charge >= 0.3 is 11.9 Å². The largest absolute Gasteiger partial charge is 0.405 e. The van der Waals surface area contributed by atoms with Crippen LogP contribution in [-0.4, -0.2) is 30.1 Å². The molecule has 0 aliphatic heterocycles. The summed E-state index contributed by atoms with van der Waals surface area (Å²) in [6.07, 6.45) is -4.52. The molecule has 0 heterocycles. The Labute approximate surface area is 109 Å². The first-order chi connectivity index (χ1) is 9.19. The van der Waals surface area contributed by atoms with Gasteiger partial charge in [0.25, 0.3) is 0 Å². The van der Waals surface area contributed by atoms with Crippen LogP contribution in [-0.2, 0) is 4.79 Å². The van der Waals surface area contributed by atoms with Gasteiger partial charge in [-0.2, -0.15) is 17.6 Å². The van der Waals surface area contributed by atoms with E-state index in [2.05, 4.69) is 5.32 Å². The zero-order valence-electron chi connectivity index (χ0n) is 9.83. The average Bonchev–Trinajstić information content (AvgIpc) is 2.34. The van der Waals surface area contributed by atoms with Gasteiger partial charge in [-0.25, -0.2) is 0 Å². The fourth-order valence-corrected chi connectivity index (χ4v) is 1.21. The molecule has 20 heavy (non-hydrogen) atoms. The number of nitro benzene ring substituents is 1. The van der Waals surface area contributed by atoms with E-state index in [4.69, 9.17) is 0 Å². The number of nitrogens with zero attached hydrogens (tertiary/aromatic N) is 1. The van der Waals surface area contributed by atoms with Gasteiger partial charge in [-0.15, -0.1) is 0 Å². The highest BCUT2D eigenvalue weighted by atomic mass is 19.4. The number of amides is 1. The maximum Gasteiger partial charge on any atom is 0.405 e. The Morgan fingerprint density at radius 2 is 2.00 bits per heavy atom. The predicted molar refractivity (Wildman–Crippen MR) is 60.6 cm³/mol. The number of hydrogen-bond acceptors (Lipinski definition) is 4. The van der Waals surface area contributed by atoms with Crippen LogP contribution in [0.1, 0.15) is 0 Å². The molecule has 10 heteroatoms. The van der Waals surface area contributed by atoms with Gasteiger partial charge in [0.05, 0.1) is 11.5 Å². The van der Waals surface area contributed by atoms with E-state index in [1.807, 2.05) is 0 Å². The van der Waals surface area contributed by atoms with Gasteiger partial charge < -0.3 is 10.6 Å². The fraction of sp³-hybridized carbons (Fsp3) is 0.300. The normalized spacial score (nSPS) is 11.0. The molecule has 0 radical (unpaired) electrons. The van der Waals surface area contributed by atoms with Crippen molar-refractivity contribution in [2.45, 2.75) is 6.18 Å². The van der Waals surface area contributed by atoms with E-state index < -0.39 is 41.6 Å². The number of carbonyl (C=O) groups excluding carboxylic acids is 1. The summed E-state index contributed by atoms with van der Waals surface area (Å²) in [5.74, 6) is -2.00. The second kappa shape index (κ2) is 6.17. The lowest BCUT2D eigenvalue weighted by atomic mass is 10.2. The van der Waals surface area contributed by atoms with Gasteiger partial charge in [-0.05, 0) is 12.1 Å². The first-order valence-corrected chi connectivity index (χ1v) is 5.20. The third kappa shape index (κ3) is 5.08. The van der Waals surface area contributed by atoms with Crippen LogP contribution in [0.4, 0.5) is 28.9 Å². The van der Waals surface area contributed by atoms with Gasteiger partial charge in [0, 0.05) is 11.8 Å². The SMILES string of the molecule is O=C(CNc1ccc(F)c([N+](=O)[O-])c1)NCC(F)(F)F. The summed E-state index contributed by atoms with van der Waals surface area (Å²) in [5, 5.41) is 14.4. The van der Waals surface area contributed by atoms with E-state index in [1.165, 1.54) is 0 Å². The molecule has 1 rings (SSSR count). The molecular formula is C10H9F4N3O3. The second-order valence-electron chi connectivity index (χ2n) is 3.67. The quantitative estimate of drug-likeness (QED) is 0.493. The summed E-state index contributed by atoms with van der Waals surface area (Å²) in [4.78, 5) is 20.6. The van der Waals surface area contributed by atoms with Gasteiger partial charge in [0.1, 0.15) is 6.54 Å². The number of anilines is 1. The monoisotopic (exact) mass is 295 g/mol.